The van der Waals surface area contributed by atoms with E-state index in [9.17, 15) is 18.0 Å². The summed E-state index contributed by atoms with van der Waals surface area (Å²) in [6.45, 7) is 3.02. The van der Waals surface area contributed by atoms with Crippen LogP contribution in [0.3, 0.4) is 0 Å². The third kappa shape index (κ3) is 4.17. The van der Waals surface area contributed by atoms with Crippen molar-refractivity contribution in [1.29, 1.82) is 0 Å². The third-order valence-electron chi connectivity index (χ3n) is 3.64. The van der Waals surface area contributed by atoms with Crippen molar-refractivity contribution in [3.05, 3.63) is 35.3 Å². The minimum Gasteiger partial charge on any atom is -0.469 e. The molecule has 0 bridgehead atoms. The number of nitrogens with zero attached hydrogens (tertiary/aromatic N) is 9. The molecule has 0 unspecified atom stereocenters. The third-order valence-corrected chi connectivity index (χ3v) is 3.64. The Morgan fingerprint density at radius 2 is 1.93 bits per heavy atom. The highest BCUT2D eigenvalue weighted by Gasteiger charge is 2.37. The second-order valence-electron chi connectivity index (χ2n) is 5.57. The minimum atomic E-state index is -4.80. The van der Waals surface area contributed by atoms with Crippen LogP contribution in [0.25, 0.3) is 6.08 Å². The molecule has 0 atom stereocenters. The zero-order chi connectivity index (χ0) is 21.2. The Hall–Kier alpha value is -3.91. The fraction of sp³-hybridized carbons (Fsp3) is 0.286. The number of aryl methyl sites for hydroxylation is 2. The molecule has 3 heterocycles. The van der Waals surface area contributed by atoms with Gasteiger partial charge in [0.15, 0.2) is 18.1 Å². The second kappa shape index (κ2) is 7.61. The molecule has 0 saturated carbocycles. The van der Waals surface area contributed by atoms with Gasteiger partial charge in [0.1, 0.15) is 5.56 Å². The first-order chi connectivity index (χ1) is 13.7. The van der Waals surface area contributed by atoms with Gasteiger partial charge in [-0.05, 0) is 26.9 Å². The summed E-state index contributed by atoms with van der Waals surface area (Å²) in [6.07, 6.45) is -3.86. The predicted octanol–water partition coefficient (Wildman–Crippen LogP) is 0.622. The van der Waals surface area contributed by atoms with Gasteiger partial charge < -0.3 is 4.74 Å². The molecule has 152 valence electrons. The minimum absolute atomic E-state index is 0.0292. The number of rotatable bonds is 6. The van der Waals surface area contributed by atoms with E-state index in [0.717, 1.165) is 16.8 Å². The molecule has 3 aromatic rings. The Kier molecular flexibility index (Phi) is 5.20. The molecule has 0 aromatic carbocycles. The molecule has 3 aromatic heterocycles. The van der Waals surface area contributed by atoms with E-state index in [1.54, 1.807) is 0 Å². The van der Waals surface area contributed by atoms with E-state index in [1.165, 1.54) is 18.8 Å². The molecule has 0 aliphatic carbocycles. The number of carbonyl (C=O) groups excluding carboxylic acids is 1. The van der Waals surface area contributed by atoms with Crippen LogP contribution in [0.2, 0.25) is 0 Å². The van der Waals surface area contributed by atoms with Gasteiger partial charge in [-0.2, -0.15) is 13.2 Å². The lowest BCUT2D eigenvalue weighted by Crippen LogP contribution is -2.20. The van der Waals surface area contributed by atoms with Gasteiger partial charge >= 0.3 is 6.18 Å². The van der Waals surface area contributed by atoms with Crippen LogP contribution in [0.1, 0.15) is 27.4 Å². The quantitative estimate of drug-likeness (QED) is 0.619. The topological polar surface area (TPSA) is 138 Å². The average molecular weight is 410 g/mol. The highest BCUT2D eigenvalue weighted by molar-refractivity contribution is 6.05. The highest BCUT2D eigenvalue weighted by atomic mass is 19.4. The molecule has 15 heteroatoms. The van der Waals surface area contributed by atoms with Gasteiger partial charge in [0, 0.05) is 19.7 Å². The molecule has 0 saturated heterocycles. The summed E-state index contributed by atoms with van der Waals surface area (Å²) < 4.78 is 47.8. The van der Waals surface area contributed by atoms with E-state index in [2.05, 4.69) is 47.9 Å². The monoisotopic (exact) mass is 410 g/mol. The molecule has 0 radical (unpaired) electrons. The van der Waals surface area contributed by atoms with Gasteiger partial charge in [0.05, 0.1) is 0 Å². The van der Waals surface area contributed by atoms with Crippen molar-refractivity contribution in [2.24, 2.45) is 14.1 Å². The zero-order valence-electron chi connectivity index (χ0n) is 15.0. The zero-order valence-corrected chi connectivity index (χ0v) is 15.0. The number of ether oxygens (including phenoxy) is 1. The normalized spacial score (nSPS) is 11.3. The van der Waals surface area contributed by atoms with Crippen molar-refractivity contribution in [3.8, 4) is 5.88 Å². The van der Waals surface area contributed by atoms with Crippen molar-refractivity contribution in [2.45, 2.75) is 12.8 Å². The molecule has 0 aliphatic heterocycles. The van der Waals surface area contributed by atoms with E-state index >= 15 is 0 Å². The van der Waals surface area contributed by atoms with Crippen molar-refractivity contribution < 1.29 is 22.7 Å². The number of amides is 1. The van der Waals surface area contributed by atoms with Crippen LogP contribution in [-0.4, -0.2) is 51.3 Å². The summed E-state index contributed by atoms with van der Waals surface area (Å²) in [5.74, 6) is -1.23. The van der Waals surface area contributed by atoms with Gasteiger partial charge in [-0.1, -0.05) is 17.8 Å². The summed E-state index contributed by atoms with van der Waals surface area (Å²) >= 11 is 0. The number of pyridine rings is 1. The van der Waals surface area contributed by atoms with E-state index in [4.69, 9.17) is 4.74 Å². The van der Waals surface area contributed by atoms with Crippen molar-refractivity contribution >= 4 is 17.9 Å². The SMILES string of the molecule is C=Cc1cc(C(=O)Nc2nnnn2C)c(OCc2nnnn2C)nc1C(F)(F)F. The lowest BCUT2D eigenvalue weighted by atomic mass is 10.1. The lowest BCUT2D eigenvalue weighted by molar-refractivity contribution is -0.141. The van der Waals surface area contributed by atoms with Crippen LogP contribution >= 0.6 is 0 Å². The first-order valence-electron chi connectivity index (χ1n) is 7.83. The first-order valence-corrected chi connectivity index (χ1v) is 7.83. The molecular formula is C14H13F3N10O2. The number of carbonyl (C=O) groups is 1. The number of tetrazole rings is 2. The maximum Gasteiger partial charge on any atom is 0.434 e. The number of nitrogens with one attached hydrogen (secondary N) is 1. The summed E-state index contributed by atoms with van der Waals surface area (Å²) in [7, 11) is 2.98. The second-order valence-corrected chi connectivity index (χ2v) is 5.57. The van der Waals surface area contributed by atoms with Gasteiger partial charge in [-0.3, -0.25) is 10.1 Å². The van der Waals surface area contributed by atoms with E-state index in [1.807, 2.05) is 0 Å². The Bertz CT molecular complexity index is 1060. The standard InChI is InChI=1S/C14H13F3N10O2/c1-4-7-5-8(11(28)19-13-21-23-25-27(13)3)12(18-10(7)14(15,16)17)29-6-9-20-22-24-26(9)2/h4-5H,1,6H2,2-3H3,(H,19,21,25,28). The van der Waals surface area contributed by atoms with E-state index < -0.39 is 29.2 Å². The summed E-state index contributed by atoms with van der Waals surface area (Å²) in [5, 5.41) is 23.5. The largest absolute Gasteiger partial charge is 0.469 e. The number of hydrogen-bond acceptors (Lipinski definition) is 9. The molecule has 0 spiro atoms. The molecule has 3 rings (SSSR count). The fourth-order valence-corrected chi connectivity index (χ4v) is 2.17. The van der Waals surface area contributed by atoms with Crippen molar-refractivity contribution in [2.75, 3.05) is 5.32 Å². The van der Waals surface area contributed by atoms with E-state index in [0.29, 0.717) is 0 Å². The van der Waals surface area contributed by atoms with Crippen LogP contribution in [0.5, 0.6) is 5.88 Å². The smallest absolute Gasteiger partial charge is 0.434 e. The highest BCUT2D eigenvalue weighted by Crippen LogP contribution is 2.34. The van der Waals surface area contributed by atoms with Crippen LogP contribution < -0.4 is 10.1 Å². The number of anilines is 1. The van der Waals surface area contributed by atoms with Crippen LogP contribution in [0.15, 0.2) is 12.6 Å². The van der Waals surface area contributed by atoms with Gasteiger partial charge in [-0.15, -0.1) is 5.10 Å². The van der Waals surface area contributed by atoms with Crippen LogP contribution in [-0.2, 0) is 26.9 Å². The molecule has 0 aliphatic rings. The number of aromatic nitrogens is 9. The summed E-state index contributed by atoms with van der Waals surface area (Å²) in [4.78, 5) is 16.1. The van der Waals surface area contributed by atoms with Crippen molar-refractivity contribution in [3.63, 3.8) is 0 Å². The average Bonchev–Trinajstić information content (AvgIpc) is 3.26. The van der Waals surface area contributed by atoms with Crippen LogP contribution in [0, 0.1) is 0 Å². The molecule has 1 N–H and O–H groups in total. The van der Waals surface area contributed by atoms with Gasteiger partial charge in [0.25, 0.3) is 5.91 Å². The molecule has 29 heavy (non-hydrogen) atoms. The molecule has 0 fully saturated rings. The van der Waals surface area contributed by atoms with Gasteiger partial charge in [-0.25, -0.2) is 14.3 Å². The fourth-order valence-electron chi connectivity index (χ4n) is 2.17. The maximum absolute atomic E-state index is 13.4. The number of halogens is 3. The Morgan fingerprint density at radius 1 is 1.24 bits per heavy atom. The number of hydrogen-bond donors (Lipinski definition) is 1. The Balaban J connectivity index is 2.01. The molecule has 12 nitrogen and oxygen atoms in total. The summed E-state index contributed by atoms with van der Waals surface area (Å²) in [6, 6.07) is 0.964. The first kappa shape index (κ1) is 19.8. The predicted molar refractivity (Wildman–Crippen MR) is 89.2 cm³/mol. The number of alkyl halides is 3. The van der Waals surface area contributed by atoms with Crippen molar-refractivity contribution in [1.82, 2.24) is 45.4 Å². The Morgan fingerprint density at radius 3 is 2.48 bits per heavy atom. The summed E-state index contributed by atoms with van der Waals surface area (Å²) in [5.41, 5.74) is -1.94. The lowest BCUT2D eigenvalue weighted by Gasteiger charge is -2.15. The maximum atomic E-state index is 13.4. The van der Waals surface area contributed by atoms with Crippen LogP contribution in [0.4, 0.5) is 19.1 Å². The Labute approximate surface area is 160 Å². The van der Waals surface area contributed by atoms with Gasteiger partial charge in [0.2, 0.25) is 11.8 Å². The molecule has 1 amide bonds. The van der Waals surface area contributed by atoms with E-state index in [-0.39, 0.29) is 23.9 Å². The molecular weight excluding hydrogens is 397 g/mol.